The Morgan fingerprint density at radius 1 is 1.25 bits per heavy atom. The lowest BCUT2D eigenvalue weighted by atomic mass is 9.90. The van der Waals surface area contributed by atoms with Gasteiger partial charge in [-0.2, -0.15) is 0 Å². The molecule has 0 aromatic rings. The minimum absolute atomic E-state index is 0.178. The van der Waals surface area contributed by atoms with Gasteiger partial charge in [0.1, 0.15) is 5.54 Å². The standard InChI is InChI=1S/C16H31NO3/c1-4-17-16(3,15(18)20-5-2)11-12-19-13-14-9-7-6-8-10-14/h14,17H,4-13H2,1-3H3. The number of carbonyl (C=O) groups is 1. The Kier molecular flexibility index (Phi) is 8.15. The third kappa shape index (κ3) is 5.80. The fourth-order valence-corrected chi connectivity index (χ4v) is 2.82. The molecule has 1 fully saturated rings. The molecule has 0 bridgehead atoms. The van der Waals surface area contributed by atoms with Gasteiger partial charge in [-0.25, -0.2) is 0 Å². The molecule has 1 aliphatic carbocycles. The van der Waals surface area contributed by atoms with Crippen LogP contribution in [0, 0.1) is 5.92 Å². The summed E-state index contributed by atoms with van der Waals surface area (Å²) in [5, 5.41) is 3.23. The maximum Gasteiger partial charge on any atom is 0.326 e. The van der Waals surface area contributed by atoms with Gasteiger partial charge in [-0.3, -0.25) is 4.79 Å². The second-order valence-corrected chi connectivity index (χ2v) is 5.91. The van der Waals surface area contributed by atoms with Gasteiger partial charge in [0.25, 0.3) is 0 Å². The van der Waals surface area contributed by atoms with Crippen LogP contribution in [0.5, 0.6) is 0 Å². The first-order valence-corrected chi connectivity index (χ1v) is 8.12. The summed E-state index contributed by atoms with van der Waals surface area (Å²) < 4.78 is 10.9. The molecule has 0 aromatic carbocycles. The van der Waals surface area contributed by atoms with Gasteiger partial charge >= 0.3 is 5.97 Å². The molecule has 4 nitrogen and oxygen atoms in total. The molecule has 0 spiro atoms. The molecule has 1 aliphatic rings. The highest BCUT2D eigenvalue weighted by Crippen LogP contribution is 2.24. The molecule has 118 valence electrons. The van der Waals surface area contributed by atoms with Gasteiger partial charge < -0.3 is 14.8 Å². The molecule has 1 rings (SSSR count). The molecule has 0 heterocycles. The number of nitrogens with one attached hydrogen (secondary N) is 1. The first kappa shape index (κ1) is 17.4. The molecule has 4 heteroatoms. The summed E-state index contributed by atoms with van der Waals surface area (Å²) in [4.78, 5) is 12.0. The molecule has 1 unspecified atom stereocenters. The third-order valence-electron chi connectivity index (χ3n) is 4.12. The quantitative estimate of drug-likeness (QED) is 0.523. The fraction of sp³-hybridized carbons (Fsp3) is 0.938. The predicted molar refractivity (Wildman–Crippen MR) is 80.7 cm³/mol. The molecule has 0 amide bonds. The van der Waals surface area contributed by atoms with Crippen LogP contribution in [0.2, 0.25) is 0 Å². The molecule has 0 aliphatic heterocycles. The minimum Gasteiger partial charge on any atom is -0.465 e. The third-order valence-corrected chi connectivity index (χ3v) is 4.12. The maximum atomic E-state index is 12.0. The largest absolute Gasteiger partial charge is 0.465 e. The van der Waals surface area contributed by atoms with Crippen LogP contribution in [0.1, 0.15) is 59.3 Å². The van der Waals surface area contributed by atoms with Crippen LogP contribution >= 0.6 is 0 Å². The lowest BCUT2D eigenvalue weighted by Crippen LogP contribution is -2.51. The van der Waals surface area contributed by atoms with Crippen molar-refractivity contribution in [1.82, 2.24) is 5.32 Å². The van der Waals surface area contributed by atoms with Crippen molar-refractivity contribution in [2.45, 2.75) is 64.8 Å². The Bertz CT molecular complexity index is 277. The molecule has 20 heavy (non-hydrogen) atoms. The van der Waals surface area contributed by atoms with E-state index in [0.717, 1.165) is 19.1 Å². The Morgan fingerprint density at radius 3 is 2.55 bits per heavy atom. The molecule has 0 aromatic heterocycles. The van der Waals surface area contributed by atoms with Crippen LogP contribution in [-0.2, 0) is 14.3 Å². The van der Waals surface area contributed by atoms with E-state index in [1.165, 1.54) is 32.1 Å². The van der Waals surface area contributed by atoms with Crippen molar-refractivity contribution in [2.75, 3.05) is 26.4 Å². The zero-order valence-corrected chi connectivity index (χ0v) is 13.4. The van der Waals surface area contributed by atoms with Crippen LogP contribution < -0.4 is 5.32 Å². The van der Waals surface area contributed by atoms with E-state index in [1.54, 1.807) is 0 Å². The van der Waals surface area contributed by atoms with Crippen LogP contribution in [0.3, 0.4) is 0 Å². The summed E-state index contributed by atoms with van der Waals surface area (Å²) in [6.07, 6.45) is 7.30. The van der Waals surface area contributed by atoms with E-state index in [4.69, 9.17) is 9.47 Å². The highest BCUT2D eigenvalue weighted by atomic mass is 16.5. The molecule has 1 saturated carbocycles. The van der Waals surface area contributed by atoms with E-state index in [2.05, 4.69) is 5.32 Å². The molecule has 0 radical (unpaired) electrons. The Morgan fingerprint density at radius 2 is 1.95 bits per heavy atom. The molecular formula is C16H31NO3. The topological polar surface area (TPSA) is 47.6 Å². The van der Waals surface area contributed by atoms with Gasteiger partial charge in [0.05, 0.1) is 6.61 Å². The molecule has 1 N–H and O–H groups in total. The van der Waals surface area contributed by atoms with E-state index < -0.39 is 5.54 Å². The first-order chi connectivity index (χ1) is 9.62. The number of hydrogen-bond acceptors (Lipinski definition) is 4. The zero-order chi connectivity index (χ0) is 14.8. The number of ether oxygens (including phenoxy) is 2. The second kappa shape index (κ2) is 9.35. The highest BCUT2D eigenvalue weighted by Gasteiger charge is 2.33. The number of carbonyl (C=O) groups excluding carboxylic acids is 1. The normalized spacial score (nSPS) is 19.6. The summed E-state index contributed by atoms with van der Waals surface area (Å²) >= 11 is 0. The summed E-state index contributed by atoms with van der Waals surface area (Å²) in [6, 6.07) is 0. The second-order valence-electron chi connectivity index (χ2n) is 5.91. The summed E-state index contributed by atoms with van der Waals surface area (Å²) in [5.41, 5.74) is -0.628. The van der Waals surface area contributed by atoms with Crippen LogP contribution in [0.4, 0.5) is 0 Å². The smallest absolute Gasteiger partial charge is 0.326 e. The maximum absolute atomic E-state index is 12.0. The highest BCUT2D eigenvalue weighted by molar-refractivity contribution is 5.80. The molecule has 0 saturated heterocycles. The van der Waals surface area contributed by atoms with Crippen LogP contribution in [0.15, 0.2) is 0 Å². The van der Waals surface area contributed by atoms with Gasteiger partial charge in [-0.1, -0.05) is 26.2 Å². The Balaban J connectivity index is 2.28. The van der Waals surface area contributed by atoms with Crippen molar-refractivity contribution in [3.8, 4) is 0 Å². The number of esters is 1. The summed E-state index contributed by atoms with van der Waals surface area (Å²) in [6.45, 7) is 8.35. The zero-order valence-electron chi connectivity index (χ0n) is 13.4. The predicted octanol–water partition coefficient (Wildman–Crippen LogP) is 2.90. The van der Waals surface area contributed by atoms with E-state index >= 15 is 0 Å². The van der Waals surface area contributed by atoms with Gasteiger partial charge in [0.2, 0.25) is 0 Å². The average molecular weight is 285 g/mol. The number of rotatable bonds is 9. The lowest BCUT2D eigenvalue weighted by molar-refractivity contribution is -0.151. The summed E-state index contributed by atoms with van der Waals surface area (Å²) in [7, 11) is 0. The van der Waals surface area contributed by atoms with E-state index in [1.807, 2.05) is 20.8 Å². The number of likely N-dealkylation sites (N-methyl/N-ethyl adjacent to an activating group) is 1. The fourth-order valence-electron chi connectivity index (χ4n) is 2.82. The van der Waals surface area contributed by atoms with Crippen molar-refractivity contribution in [2.24, 2.45) is 5.92 Å². The van der Waals surface area contributed by atoms with Crippen LogP contribution in [-0.4, -0.2) is 37.9 Å². The van der Waals surface area contributed by atoms with E-state index in [0.29, 0.717) is 19.6 Å². The Hall–Kier alpha value is -0.610. The van der Waals surface area contributed by atoms with Crippen molar-refractivity contribution < 1.29 is 14.3 Å². The minimum atomic E-state index is -0.628. The van der Waals surface area contributed by atoms with Crippen molar-refractivity contribution in [3.63, 3.8) is 0 Å². The first-order valence-electron chi connectivity index (χ1n) is 8.12. The summed E-state index contributed by atoms with van der Waals surface area (Å²) in [5.74, 6) is 0.542. The Labute approximate surface area is 123 Å². The van der Waals surface area contributed by atoms with Crippen LogP contribution in [0.25, 0.3) is 0 Å². The number of hydrogen-bond donors (Lipinski definition) is 1. The monoisotopic (exact) mass is 285 g/mol. The van der Waals surface area contributed by atoms with Gasteiger partial charge in [-0.05, 0) is 45.6 Å². The van der Waals surface area contributed by atoms with Gasteiger partial charge in [0, 0.05) is 13.2 Å². The van der Waals surface area contributed by atoms with Crippen molar-refractivity contribution in [1.29, 1.82) is 0 Å². The SMILES string of the molecule is CCNC(C)(CCOCC1CCCCC1)C(=O)OCC. The lowest BCUT2D eigenvalue weighted by Gasteiger charge is -2.28. The van der Waals surface area contributed by atoms with E-state index in [9.17, 15) is 4.79 Å². The molecule has 1 atom stereocenters. The van der Waals surface area contributed by atoms with Crippen molar-refractivity contribution >= 4 is 5.97 Å². The van der Waals surface area contributed by atoms with Crippen molar-refractivity contribution in [3.05, 3.63) is 0 Å². The van der Waals surface area contributed by atoms with E-state index in [-0.39, 0.29) is 5.97 Å². The average Bonchev–Trinajstić information content (AvgIpc) is 2.45. The van der Waals surface area contributed by atoms with Gasteiger partial charge in [0.15, 0.2) is 0 Å². The van der Waals surface area contributed by atoms with Gasteiger partial charge in [-0.15, -0.1) is 0 Å². The molecular weight excluding hydrogens is 254 g/mol.